The molecule has 148 valence electrons. The maximum Gasteiger partial charge on any atom is 0.255 e. The third kappa shape index (κ3) is 4.73. The van der Waals surface area contributed by atoms with Gasteiger partial charge >= 0.3 is 0 Å². The van der Waals surface area contributed by atoms with Gasteiger partial charge in [0.05, 0.1) is 24.6 Å². The molecular weight excluding hydrogens is 369 g/mol. The van der Waals surface area contributed by atoms with Gasteiger partial charge in [0.15, 0.2) is 0 Å². The number of amides is 1. The van der Waals surface area contributed by atoms with Gasteiger partial charge in [-0.1, -0.05) is 18.2 Å². The van der Waals surface area contributed by atoms with Crippen LogP contribution in [0.4, 0.5) is 27.1 Å². The smallest absolute Gasteiger partial charge is 0.255 e. The summed E-state index contributed by atoms with van der Waals surface area (Å²) in [6, 6.07) is 21.2. The highest BCUT2D eigenvalue weighted by atomic mass is 19.1. The number of rotatable bonds is 5. The molecule has 2 N–H and O–H groups in total. The van der Waals surface area contributed by atoms with Crippen molar-refractivity contribution in [3.05, 3.63) is 84.2 Å². The number of nitrogens with zero attached hydrogens (tertiary/aromatic N) is 1. The summed E-state index contributed by atoms with van der Waals surface area (Å²) in [5.41, 5.74) is 4.00. The topological polar surface area (TPSA) is 53.6 Å². The van der Waals surface area contributed by atoms with Crippen LogP contribution in [0.3, 0.4) is 0 Å². The summed E-state index contributed by atoms with van der Waals surface area (Å²) in [6.07, 6.45) is 0. The molecule has 1 aliphatic rings. The number of ether oxygens (including phenoxy) is 1. The molecule has 6 heteroatoms. The van der Waals surface area contributed by atoms with Crippen molar-refractivity contribution in [3.63, 3.8) is 0 Å². The number of carbonyl (C=O) groups is 1. The van der Waals surface area contributed by atoms with Gasteiger partial charge in [-0.15, -0.1) is 0 Å². The number of hydrogen-bond acceptors (Lipinski definition) is 4. The molecule has 0 aromatic heterocycles. The normalized spacial score (nSPS) is 13.8. The van der Waals surface area contributed by atoms with E-state index in [0.717, 1.165) is 43.4 Å². The first-order valence-electron chi connectivity index (χ1n) is 9.55. The molecule has 0 aliphatic carbocycles. The molecule has 5 nitrogen and oxygen atoms in total. The molecule has 0 bridgehead atoms. The minimum Gasteiger partial charge on any atom is -0.378 e. The Morgan fingerprint density at radius 1 is 0.897 bits per heavy atom. The zero-order chi connectivity index (χ0) is 20.1. The summed E-state index contributed by atoms with van der Waals surface area (Å²) >= 11 is 0. The van der Waals surface area contributed by atoms with E-state index in [1.807, 2.05) is 42.5 Å². The molecule has 0 spiro atoms. The molecule has 1 heterocycles. The van der Waals surface area contributed by atoms with E-state index >= 15 is 0 Å². The van der Waals surface area contributed by atoms with Crippen LogP contribution in [0.15, 0.2) is 72.8 Å². The van der Waals surface area contributed by atoms with E-state index in [1.165, 1.54) is 18.2 Å². The fourth-order valence-corrected chi connectivity index (χ4v) is 3.28. The average Bonchev–Trinajstić information content (AvgIpc) is 2.76. The highest BCUT2D eigenvalue weighted by molar-refractivity contribution is 6.04. The molecule has 3 aromatic carbocycles. The molecule has 29 heavy (non-hydrogen) atoms. The first kappa shape index (κ1) is 19.0. The van der Waals surface area contributed by atoms with E-state index in [-0.39, 0.29) is 11.5 Å². The first-order chi connectivity index (χ1) is 14.2. The lowest BCUT2D eigenvalue weighted by Gasteiger charge is -2.30. The molecule has 1 saturated heterocycles. The second-order valence-corrected chi connectivity index (χ2v) is 6.78. The Balaban J connectivity index is 1.44. The Kier molecular flexibility index (Phi) is 5.72. The zero-order valence-electron chi connectivity index (χ0n) is 15.9. The van der Waals surface area contributed by atoms with Gasteiger partial charge in [-0.2, -0.15) is 0 Å². The van der Waals surface area contributed by atoms with Crippen LogP contribution in [0, 0.1) is 5.82 Å². The van der Waals surface area contributed by atoms with E-state index < -0.39 is 5.82 Å². The SMILES string of the molecule is O=C(Nc1ccc(Nc2ccccc2N2CCOCC2)cc1)c1cccc(F)c1. The largest absolute Gasteiger partial charge is 0.378 e. The molecule has 0 radical (unpaired) electrons. The highest BCUT2D eigenvalue weighted by Crippen LogP contribution is 2.29. The maximum absolute atomic E-state index is 13.3. The Morgan fingerprint density at radius 2 is 1.62 bits per heavy atom. The lowest BCUT2D eigenvalue weighted by atomic mass is 10.2. The van der Waals surface area contributed by atoms with Crippen LogP contribution < -0.4 is 15.5 Å². The minimum atomic E-state index is -0.434. The Morgan fingerprint density at radius 3 is 2.38 bits per heavy atom. The molecule has 0 saturated carbocycles. The zero-order valence-corrected chi connectivity index (χ0v) is 15.9. The van der Waals surface area contributed by atoms with Gasteiger partial charge in [0.25, 0.3) is 5.91 Å². The van der Waals surface area contributed by atoms with E-state index in [1.54, 1.807) is 6.07 Å². The van der Waals surface area contributed by atoms with Crippen molar-refractivity contribution in [2.75, 3.05) is 41.8 Å². The molecule has 1 aliphatic heterocycles. The van der Waals surface area contributed by atoms with Crippen LogP contribution in [-0.4, -0.2) is 32.2 Å². The van der Waals surface area contributed by atoms with E-state index in [2.05, 4.69) is 21.6 Å². The second kappa shape index (κ2) is 8.75. The van der Waals surface area contributed by atoms with Gasteiger partial charge < -0.3 is 20.3 Å². The van der Waals surface area contributed by atoms with Gasteiger partial charge in [0.1, 0.15) is 5.82 Å². The summed E-state index contributed by atoms with van der Waals surface area (Å²) in [7, 11) is 0. The number of morpholine rings is 1. The second-order valence-electron chi connectivity index (χ2n) is 6.78. The summed E-state index contributed by atoms with van der Waals surface area (Å²) < 4.78 is 18.7. The van der Waals surface area contributed by atoms with Crippen LogP contribution in [0.25, 0.3) is 0 Å². The number of benzene rings is 3. The average molecular weight is 391 g/mol. The predicted octanol–water partition coefficient (Wildman–Crippen LogP) is 4.66. The number of nitrogens with one attached hydrogen (secondary N) is 2. The number of anilines is 4. The van der Waals surface area contributed by atoms with Gasteiger partial charge in [-0.25, -0.2) is 4.39 Å². The molecule has 1 fully saturated rings. The van der Waals surface area contributed by atoms with Gasteiger partial charge in [-0.3, -0.25) is 4.79 Å². The van der Waals surface area contributed by atoms with E-state index in [9.17, 15) is 9.18 Å². The molecule has 0 atom stereocenters. The summed E-state index contributed by atoms with van der Waals surface area (Å²) in [5, 5.41) is 6.23. The summed E-state index contributed by atoms with van der Waals surface area (Å²) in [6.45, 7) is 3.19. The van der Waals surface area contributed by atoms with Crippen molar-refractivity contribution >= 4 is 28.7 Å². The van der Waals surface area contributed by atoms with Crippen LogP contribution in [-0.2, 0) is 4.74 Å². The third-order valence-corrected chi connectivity index (χ3v) is 4.76. The standard InChI is InChI=1S/C23H22FN3O2/c24-18-5-3-4-17(16-18)23(28)26-20-10-8-19(9-11-20)25-21-6-1-2-7-22(21)27-12-14-29-15-13-27/h1-11,16,25H,12-15H2,(H,26,28). The number of hydrogen-bond donors (Lipinski definition) is 2. The number of para-hydroxylation sites is 2. The lowest BCUT2D eigenvalue weighted by Crippen LogP contribution is -2.36. The van der Waals surface area contributed by atoms with Gasteiger partial charge in [0, 0.05) is 30.0 Å². The van der Waals surface area contributed by atoms with E-state index in [4.69, 9.17) is 4.74 Å². The van der Waals surface area contributed by atoms with Gasteiger partial charge in [-0.05, 0) is 54.6 Å². The molecule has 0 unspecified atom stereocenters. The van der Waals surface area contributed by atoms with Crippen molar-refractivity contribution in [3.8, 4) is 0 Å². The van der Waals surface area contributed by atoms with Crippen LogP contribution >= 0.6 is 0 Å². The van der Waals surface area contributed by atoms with Crippen molar-refractivity contribution in [1.82, 2.24) is 0 Å². The number of carbonyl (C=O) groups excluding carboxylic acids is 1. The first-order valence-corrected chi connectivity index (χ1v) is 9.55. The predicted molar refractivity (Wildman–Crippen MR) is 114 cm³/mol. The molecule has 4 rings (SSSR count). The lowest BCUT2D eigenvalue weighted by molar-refractivity contribution is 0.102. The fraction of sp³-hybridized carbons (Fsp3) is 0.174. The third-order valence-electron chi connectivity index (χ3n) is 4.76. The van der Waals surface area contributed by atoms with Gasteiger partial charge in [0.2, 0.25) is 0 Å². The monoisotopic (exact) mass is 391 g/mol. The van der Waals surface area contributed by atoms with Crippen LogP contribution in [0.2, 0.25) is 0 Å². The fourth-order valence-electron chi connectivity index (χ4n) is 3.28. The van der Waals surface area contributed by atoms with Crippen LogP contribution in [0.5, 0.6) is 0 Å². The molecular formula is C23H22FN3O2. The van der Waals surface area contributed by atoms with Crippen molar-refractivity contribution in [2.24, 2.45) is 0 Å². The highest BCUT2D eigenvalue weighted by Gasteiger charge is 2.14. The van der Waals surface area contributed by atoms with Crippen molar-refractivity contribution in [1.29, 1.82) is 0 Å². The summed E-state index contributed by atoms with van der Waals surface area (Å²) in [5.74, 6) is -0.779. The number of halogens is 1. The van der Waals surface area contributed by atoms with Crippen molar-refractivity contribution in [2.45, 2.75) is 0 Å². The Hall–Kier alpha value is -3.38. The Labute approximate surface area is 169 Å². The van der Waals surface area contributed by atoms with E-state index in [0.29, 0.717) is 5.69 Å². The Bertz CT molecular complexity index is 985. The minimum absolute atomic E-state index is 0.284. The van der Waals surface area contributed by atoms with Crippen LogP contribution in [0.1, 0.15) is 10.4 Å². The molecule has 1 amide bonds. The maximum atomic E-state index is 13.3. The quantitative estimate of drug-likeness (QED) is 0.664. The van der Waals surface area contributed by atoms with Crippen molar-refractivity contribution < 1.29 is 13.9 Å². The summed E-state index contributed by atoms with van der Waals surface area (Å²) in [4.78, 5) is 14.6. The molecule has 3 aromatic rings.